The van der Waals surface area contributed by atoms with Crippen molar-refractivity contribution in [3.8, 4) is 44.5 Å². The standard InChI is InChI=1S/C45H26S/c1-2-11-28-25-41-36(23-27(28)10-1)34-21-20-29(26-40(34)45(41)38-16-6-3-13-32(38)33-14-4-7-17-39(33)45)31-22-30-12-9-19-43-44(30)37(24-31)35-15-5-8-18-42(35)46-43/h1-26H. The molecule has 46 heavy (non-hydrogen) atoms. The summed E-state index contributed by atoms with van der Waals surface area (Å²) in [6.07, 6.45) is 0. The SMILES string of the molecule is c1ccc2c(c1)Sc1cccc3cc(-c4ccc5c(c4)C4(c6ccccc6-c6ccccc64)c4cc6ccccc6cc4-5)cc-2c13. The first kappa shape index (κ1) is 24.9. The quantitative estimate of drug-likeness (QED) is 0.181. The van der Waals surface area contributed by atoms with E-state index in [-0.39, 0.29) is 5.41 Å². The Morgan fingerprint density at radius 1 is 0.326 bits per heavy atom. The zero-order valence-electron chi connectivity index (χ0n) is 24.9. The van der Waals surface area contributed by atoms with Gasteiger partial charge in [-0.15, -0.1) is 0 Å². The largest absolute Gasteiger partial charge is 0.0888 e. The molecule has 0 nitrogen and oxygen atoms in total. The van der Waals surface area contributed by atoms with E-state index in [0.29, 0.717) is 0 Å². The molecule has 1 spiro atoms. The van der Waals surface area contributed by atoms with Gasteiger partial charge in [-0.1, -0.05) is 127 Å². The van der Waals surface area contributed by atoms with Crippen LogP contribution in [0.4, 0.5) is 0 Å². The van der Waals surface area contributed by atoms with E-state index < -0.39 is 0 Å². The lowest BCUT2D eigenvalue weighted by Crippen LogP contribution is -2.25. The average molecular weight is 599 g/mol. The molecule has 1 heterocycles. The number of rotatable bonds is 1. The van der Waals surface area contributed by atoms with Crippen LogP contribution in [0.15, 0.2) is 168 Å². The lowest BCUT2D eigenvalue weighted by molar-refractivity contribution is 0.795. The molecule has 0 saturated heterocycles. The van der Waals surface area contributed by atoms with Crippen molar-refractivity contribution in [2.24, 2.45) is 0 Å². The summed E-state index contributed by atoms with van der Waals surface area (Å²) < 4.78 is 0. The van der Waals surface area contributed by atoms with E-state index in [2.05, 4.69) is 158 Å². The Morgan fingerprint density at radius 3 is 1.74 bits per heavy atom. The van der Waals surface area contributed by atoms with Crippen LogP contribution in [0.2, 0.25) is 0 Å². The highest BCUT2D eigenvalue weighted by Gasteiger charge is 2.51. The summed E-state index contributed by atoms with van der Waals surface area (Å²) in [6, 6.07) is 59.6. The van der Waals surface area contributed by atoms with E-state index >= 15 is 0 Å². The fourth-order valence-corrected chi connectivity index (χ4v) is 9.91. The molecule has 1 aliphatic heterocycles. The van der Waals surface area contributed by atoms with Crippen LogP contribution < -0.4 is 0 Å². The lowest BCUT2D eigenvalue weighted by atomic mass is 9.70. The van der Waals surface area contributed by atoms with Crippen molar-refractivity contribution in [3.63, 3.8) is 0 Å². The third kappa shape index (κ3) is 3.06. The molecule has 0 N–H and O–H groups in total. The number of hydrogen-bond acceptors (Lipinski definition) is 1. The van der Waals surface area contributed by atoms with Gasteiger partial charge in [0.2, 0.25) is 0 Å². The molecule has 0 bridgehead atoms. The number of benzene rings is 8. The Labute approximate surface area is 272 Å². The van der Waals surface area contributed by atoms with Gasteiger partial charge in [-0.2, -0.15) is 0 Å². The fourth-order valence-electron chi connectivity index (χ4n) is 8.76. The summed E-state index contributed by atoms with van der Waals surface area (Å²) in [5.41, 5.74) is 15.7. The molecular formula is C45H26S. The van der Waals surface area contributed by atoms with Crippen LogP contribution in [0.25, 0.3) is 66.1 Å². The normalized spacial score (nSPS) is 14.2. The molecule has 212 valence electrons. The van der Waals surface area contributed by atoms with Crippen LogP contribution in [0.5, 0.6) is 0 Å². The van der Waals surface area contributed by atoms with Gasteiger partial charge in [0.25, 0.3) is 0 Å². The molecule has 2 aliphatic carbocycles. The van der Waals surface area contributed by atoms with E-state index in [0.717, 1.165) is 0 Å². The van der Waals surface area contributed by atoms with Gasteiger partial charge in [0.15, 0.2) is 0 Å². The first-order valence-electron chi connectivity index (χ1n) is 16.0. The van der Waals surface area contributed by atoms with E-state index in [4.69, 9.17) is 0 Å². The molecule has 3 aliphatic rings. The Morgan fingerprint density at radius 2 is 0.935 bits per heavy atom. The third-order valence-electron chi connectivity index (χ3n) is 10.6. The molecule has 0 saturated carbocycles. The molecule has 8 aromatic carbocycles. The van der Waals surface area contributed by atoms with Crippen molar-refractivity contribution in [1.29, 1.82) is 0 Å². The predicted molar refractivity (Wildman–Crippen MR) is 193 cm³/mol. The summed E-state index contributed by atoms with van der Waals surface area (Å²) in [4.78, 5) is 2.67. The fraction of sp³-hybridized carbons (Fsp3) is 0.0222. The van der Waals surface area contributed by atoms with Crippen molar-refractivity contribution in [2.75, 3.05) is 0 Å². The zero-order chi connectivity index (χ0) is 30.0. The van der Waals surface area contributed by atoms with Crippen LogP contribution in [0, 0.1) is 0 Å². The van der Waals surface area contributed by atoms with Crippen LogP contribution in [-0.4, -0.2) is 0 Å². The van der Waals surface area contributed by atoms with E-state index in [1.807, 2.05) is 11.8 Å². The van der Waals surface area contributed by atoms with Crippen LogP contribution in [0.1, 0.15) is 22.3 Å². The molecule has 0 radical (unpaired) electrons. The number of fused-ring (bicyclic) bond motifs is 13. The maximum absolute atomic E-state index is 2.51. The zero-order valence-corrected chi connectivity index (χ0v) is 25.7. The smallest absolute Gasteiger partial charge is 0.0725 e. The summed E-state index contributed by atoms with van der Waals surface area (Å²) in [6.45, 7) is 0. The number of hydrogen-bond donors (Lipinski definition) is 0. The summed E-state index contributed by atoms with van der Waals surface area (Å²) in [7, 11) is 0. The Hall–Kier alpha value is -5.37. The highest BCUT2D eigenvalue weighted by atomic mass is 32.2. The molecule has 1 heteroatoms. The van der Waals surface area contributed by atoms with Crippen molar-refractivity contribution in [3.05, 3.63) is 180 Å². The van der Waals surface area contributed by atoms with Crippen molar-refractivity contribution < 1.29 is 0 Å². The molecule has 0 aromatic heterocycles. The minimum Gasteiger partial charge on any atom is -0.0888 e. The second-order valence-corrected chi connectivity index (χ2v) is 13.9. The summed E-state index contributed by atoms with van der Waals surface area (Å²) in [5, 5.41) is 5.24. The van der Waals surface area contributed by atoms with E-state index in [1.54, 1.807) is 0 Å². The minimum atomic E-state index is -0.376. The van der Waals surface area contributed by atoms with Gasteiger partial charge < -0.3 is 0 Å². The van der Waals surface area contributed by atoms with Crippen LogP contribution in [0.3, 0.4) is 0 Å². The van der Waals surface area contributed by atoms with Crippen molar-refractivity contribution in [2.45, 2.75) is 15.2 Å². The van der Waals surface area contributed by atoms with Gasteiger partial charge in [0.05, 0.1) is 5.41 Å². The average Bonchev–Trinajstić information content (AvgIpc) is 3.57. The first-order chi connectivity index (χ1) is 22.8. The first-order valence-corrected chi connectivity index (χ1v) is 16.8. The highest BCUT2D eigenvalue weighted by molar-refractivity contribution is 7.99. The van der Waals surface area contributed by atoms with Crippen molar-refractivity contribution >= 4 is 33.3 Å². The maximum atomic E-state index is 2.51. The molecule has 11 rings (SSSR count). The minimum absolute atomic E-state index is 0.376. The van der Waals surface area contributed by atoms with Gasteiger partial charge in [0.1, 0.15) is 0 Å². The molecule has 0 atom stereocenters. The Kier molecular flexibility index (Phi) is 4.80. The van der Waals surface area contributed by atoms with Crippen LogP contribution >= 0.6 is 11.8 Å². The maximum Gasteiger partial charge on any atom is 0.0725 e. The highest BCUT2D eigenvalue weighted by Crippen LogP contribution is 2.63. The van der Waals surface area contributed by atoms with Gasteiger partial charge in [-0.05, 0) is 125 Å². The van der Waals surface area contributed by atoms with Crippen molar-refractivity contribution in [1.82, 2.24) is 0 Å². The third-order valence-corrected chi connectivity index (χ3v) is 11.8. The van der Waals surface area contributed by atoms with Gasteiger partial charge in [0, 0.05) is 15.2 Å². The van der Waals surface area contributed by atoms with Crippen LogP contribution in [-0.2, 0) is 5.41 Å². The molecular weight excluding hydrogens is 573 g/mol. The van der Waals surface area contributed by atoms with Gasteiger partial charge in [-0.25, -0.2) is 0 Å². The second kappa shape index (κ2) is 8.88. The van der Waals surface area contributed by atoms with Gasteiger partial charge in [-0.3, -0.25) is 0 Å². The Bertz CT molecular complexity index is 2580. The van der Waals surface area contributed by atoms with E-state index in [9.17, 15) is 0 Å². The second-order valence-electron chi connectivity index (χ2n) is 12.8. The predicted octanol–water partition coefficient (Wildman–Crippen LogP) is 12.1. The molecule has 0 fully saturated rings. The lowest BCUT2D eigenvalue weighted by Gasteiger charge is -2.31. The summed E-state index contributed by atoms with van der Waals surface area (Å²) in [5.74, 6) is 0. The molecule has 8 aromatic rings. The summed E-state index contributed by atoms with van der Waals surface area (Å²) >= 11 is 1.89. The molecule has 0 unspecified atom stereocenters. The monoisotopic (exact) mass is 598 g/mol. The topological polar surface area (TPSA) is 0 Å². The Balaban J connectivity index is 1.23. The van der Waals surface area contributed by atoms with E-state index in [1.165, 1.54) is 98.1 Å². The van der Waals surface area contributed by atoms with Gasteiger partial charge >= 0.3 is 0 Å². The molecule has 0 amide bonds.